The number of hydrogen-bond acceptors (Lipinski definition) is 5. The molecule has 2 aromatic carbocycles. The van der Waals surface area contributed by atoms with Crippen LogP contribution in [0.15, 0.2) is 81.1 Å². The smallest absolute Gasteiger partial charge is 0.408 e. The van der Waals surface area contributed by atoms with E-state index in [1.54, 1.807) is 31.6 Å². The van der Waals surface area contributed by atoms with Gasteiger partial charge in [0.1, 0.15) is 0 Å². The molecule has 4 aromatic rings. The number of hydrogen-bond donors (Lipinski definition) is 0. The maximum absolute atomic E-state index is 13.6. The molecule has 4 rings (SSSR count). The van der Waals surface area contributed by atoms with E-state index in [1.165, 1.54) is 26.6 Å². The first-order chi connectivity index (χ1) is 14.9. The lowest BCUT2D eigenvalue weighted by Crippen LogP contribution is -2.30. The van der Waals surface area contributed by atoms with E-state index < -0.39 is 15.8 Å². The molecule has 0 amide bonds. The fourth-order valence-electron chi connectivity index (χ4n) is 3.43. The van der Waals surface area contributed by atoms with Crippen LogP contribution in [0.5, 0.6) is 0 Å². The molecule has 160 valence electrons. The van der Waals surface area contributed by atoms with Gasteiger partial charge in [0.15, 0.2) is 5.58 Å². The van der Waals surface area contributed by atoms with Crippen molar-refractivity contribution in [2.24, 2.45) is 7.05 Å². The zero-order valence-electron chi connectivity index (χ0n) is 17.4. The van der Waals surface area contributed by atoms with Gasteiger partial charge in [-0.05, 0) is 41.3 Å². The number of aromatic nitrogens is 2. The van der Waals surface area contributed by atoms with Crippen molar-refractivity contribution in [1.82, 2.24) is 13.9 Å². The molecule has 2 aromatic heterocycles. The summed E-state index contributed by atoms with van der Waals surface area (Å²) in [6, 6.07) is 16.0. The van der Waals surface area contributed by atoms with E-state index in [0.29, 0.717) is 5.52 Å². The molecule has 0 aliphatic heterocycles. The molecule has 31 heavy (non-hydrogen) atoms. The molecule has 0 radical (unpaired) electrons. The summed E-state index contributed by atoms with van der Waals surface area (Å²) >= 11 is 0. The number of fused-ring (bicyclic) bond motifs is 1. The van der Waals surface area contributed by atoms with E-state index >= 15 is 0 Å². The molecule has 2 heterocycles. The van der Waals surface area contributed by atoms with Gasteiger partial charge in [-0.2, -0.15) is 4.31 Å². The minimum Gasteiger partial charge on any atom is -0.408 e. The summed E-state index contributed by atoms with van der Waals surface area (Å²) in [6.07, 6.45) is 4.22. The molecule has 0 spiro atoms. The number of sulfonamides is 1. The fraction of sp³-hybridized carbons (Fsp3) is 0.217. The van der Waals surface area contributed by atoms with Crippen LogP contribution >= 0.6 is 0 Å². The summed E-state index contributed by atoms with van der Waals surface area (Å²) in [5.41, 5.74) is 3.63. The van der Waals surface area contributed by atoms with Crippen molar-refractivity contribution in [2.75, 3.05) is 0 Å². The van der Waals surface area contributed by atoms with Crippen LogP contribution in [0, 0.1) is 0 Å². The molecule has 0 fully saturated rings. The second-order valence-electron chi connectivity index (χ2n) is 7.36. The third kappa shape index (κ3) is 4.30. The Morgan fingerprint density at radius 3 is 2.39 bits per heavy atom. The molecule has 0 aliphatic rings. The van der Waals surface area contributed by atoms with E-state index in [4.69, 9.17) is 4.42 Å². The summed E-state index contributed by atoms with van der Waals surface area (Å²) in [7, 11) is -2.29. The molecule has 0 unspecified atom stereocenters. The highest BCUT2D eigenvalue weighted by Crippen LogP contribution is 2.24. The van der Waals surface area contributed by atoms with E-state index in [2.05, 4.69) is 11.9 Å². The second-order valence-corrected chi connectivity index (χ2v) is 9.30. The second kappa shape index (κ2) is 8.49. The van der Waals surface area contributed by atoms with Gasteiger partial charge in [-0.25, -0.2) is 13.2 Å². The standard InChI is InChI=1S/C23H23N3O4S/c1-3-17-6-8-18(9-7-17)15-26(16-19-5-4-12-24-14-19)31(28,29)20-10-11-21-22(13-20)30-23(27)25(21)2/h4-14H,3,15-16H2,1-2H3. The molecule has 7 nitrogen and oxygen atoms in total. The van der Waals surface area contributed by atoms with E-state index in [9.17, 15) is 13.2 Å². The Hall–Kier alpha value is -3.23. The Labute approximate surface area is 180 Å². The molecule has 0 saturated heterocycles. The lowest BCUT2D eigenvalue weighted by molar-refractivity contribution is 0.400. The topological polar surface area (TPSA) is 85.4 Å². The van der Waals surface area contributed by atoms with Gasteiger partial charge in [0, 0.05) is 38.6 Å². The van der Waals surface area contributed by atoms with Gasteiger partial charge in [-0.1, -0.05) is 37.3 Å². The van der Waals surface area contributed by atoms with Crippen molar-refractivity contribution in [3.05, 3.63) is 94.2 Å². The Kier molecular flexibility index (Phi) is 5.75. The SMILES string of the molecule is CCc1ccc(CN(Cc2cccnc2)S(=O)(=O)c2ccc3c(c2)oc(=O)n3C)cc1. The van der Waals surface area contributed by atoms with Crippen LogP contribution in [-0.2, 0) is 36.6 Å². The maximum atomic E-state index is 13.6. The van der Waals surface area contributed by atoms with Crippen LogP contribution in [0.3, 0.4) is 0 Å². The molecule has 0 atom stereocenters. The molecular formula is C23H23N3O4S. The van der Waals surface area contributed by atoms with Gasteiger partial charge in [-0.15, -0.1) is 0 Å². The van der Waals surface area contributed by atoms with Gasteiger partial charge < -0.3 is 4.42 Å². The van der Waals surface area contributed by atoms with Gasteiger partial charge in [0.05, 0.1) is 10.4 Å². The molecule has 8 heteroatoms. The van der Waals surface area contributed by atoms with Crippen LogP contribution < -0.4 is 5.76 Å². The third-order valence-corrected chi connectivity index (χ3v) is 7.06. The monoisotopic (exact) mass is 437 g/mol. The Morgan fingerprint density at radius 1 is 1.00 bits per heavy atom. The number of oxazole rings is 1. The summed E-state index contributed by atoms with van der Waals surface area (Å²) in [4.78, 5) is 16.0. The third-order valence-electron chi connectivity index (χ3n) is 5.27. The Balaban J connectivity index is 1.73. The van der Waals surface area contributed by atoms with Crippen LogP contribution in [0.2, 0.25) is 0 Å². The zero-order chi connectivity index (χ0) is 22.0. The first-order valence-electron chi connectivity index (χ1n) is 9.95. The molecule has 0 saturated carbocycles. The highest BCUT2D eigenvalue weighted by atomic mass is 32.2. The summed E-state index contributed by atoms with van der Waals surface area (Å²) in [6.45, 7) is 2.45. The van der Waals surface area contributed by atoms with Gasteiger partial charge in [-0.3, -0.25) is 9.55 Å². The zero-order valence-corrected chi connectivity index (χ0v) is 18.2. The molecule has 0 N–H and O–H groups in total. The van der Waals surface area contributed by atoms with Crippen molar-refractivity contribution >= 4 is 21.1 Å². The predicted octanol–water partition coefficient (Wildman–Crippen LogP) is 3.48. The van der Waals surface area contributed by atoms with Crippen LogP contribution in [0.4, 0.5) is 0 Å². The summed E-state index contributed by atoms with van der Waals surface area (Å²) in [5, 5.41) is 0. The predicted molar refractivity (Wildman–Crippen MR) is 118 cm³/mol. The number of nitrogens with zero attached hydrogens (tertiary/aromatic N) is 3. The quantitative estimate of drug-likeness (QED) is 0.442. The Bertz CT molecular complexity index is 1360. The first-order valence-corrected chi connectivity index (χ1v) is 11.4. The average molecular weight is 438 g/mol. The van der Waals surface area contributed by atoms with Gasteiger partial charge >= 0.3 is 5.76 Å². The highest BCUT2D eigenvalue weighted by Gasteiger charge is 2.26. The van der Waals surface area contributed by atoms with Crippen molar-refractivity contribution in [3.8, 4) is 0 Å². The lowest BCUT2D eigenvalue weighted by atomic mass is 10.1. The highest BCUT2D eigenvalue weighted by molar-refractivity contribution is 7.89. The molecular weight excluding hydrogens is 414 g/mol. The number of aryl methyl sites for hydroxylation is 2. The van der Waals surface area contributed by atoms with E-state index in [0.717, 1.165) is 17.5 Å². The normalized spacial score (nSPS) is 12.0. The van der Waals surface area contributed by atoms with Crippen molar-refractivity contribution in [2.45, 2.75) is 31.3 Å². The Morgan fingerprint density at radius 2 is 1.71 bits per heavy atom. The molecule has 0 bridgehead atoms. The minimum absolute atomic E-state index is 0.0726. The number of benzene rings is 2. The molecule has 0 aliphatic carbocycles. The first kappa shape index (κ1) is 21.0. The van der Waals surface area contributed by atoms with Crippen LogP contribution in [-0.4, -0.2) is 22.3 Å². The summed E-state index contributed by atoms with van der Waals surface area (Å²) in [5.74, 6) is -0.534. The van der Waals surface area contributed by atoms with Gasteiger partial charge in [0.2, 0.25) is 10.0 Å². The van der Waals surface area contributed by atoms with E-state index in [-0.39, 0.29) is 23.6 Å². The van der Waals surface area contributed by atoms with Crippen molar-refractivity contribution < 1.29 is 12.8 Å². The minimum atomic E-state index is -3.87. The van der Waals surface area contributed by atoms with Gasteiger partial charge in [0.25, 0.3) is 0 Å². The largest absolute Gasteiger partial charge is 0.419 e. The van der Waals surface area contributed by atoms with Crippen LogP contribution in [0.25, 0.3) is 11.1 Å². The van der Waals surface area contributed by atoms with Crippen molar-refractivity contribution in [3.63, 3.8) is 0 Å². The lowest BCUT2D eigenvalue weighted by Gasteiger charge is -2.22. The number of pyridine rings is 1. The summed E-state index contributed by atoms with van der Waals surface area (Å²) < 4.78 is 35.1. The fourth-order valence-corrected chi connectivity index (χ4v) is 4.86. The average Bonchev–Trinajstić information content (AvgIpc) is 3.07. The number of rotatable bonds is 7. The van der Waals surface area contributed by atoms with Crippen molar-refractivity contribution in [1.29, 1.82) is 0 Å². The maximum Gasteiger partial charge on any atom is 0.419 e. The van der Waals surface area contributed by atoms with E-state index in [1.807, 2.05) is 30.3 Å². The van der Waals surface area contributed by atoms with Crippen LogP contribution in [0.1, 0.15) is 23.6 Å².